The van der Waals surface area contributed by atoms with E-state index in [1.165, 1.54) is 0 Å². The minimum absolute atomic E-state index is 0.0736. The third-order valence-electron chi connectivity index (χ3n) is 3.06. The van der Waals surface area contributed by atoms with Crippen LogP contribution in [0.4, 0.5) is 5.69 Å². The van der Waals surface area contributed by atoms with E-state index >= 15 is 0 Å². The average Bonchev–Trinajstić information content (AvgIpc) is 2.70. The number of carbonyl (C=O) groups excluding carboxylic acids is 1. The van der Waals surface area contributed by atoms with Crippen LogP contribution >= 0.6 is 0 Å². The highest BCUT2D eigenvalue weighted by molar-refractivity contribution is 6.14. The van der Waals surface area contributed by atoms with Crippen LogP contribution < -0.4 is 10.5 Å². The van der Waals surface area contributed by atoms with E-state index in [1.54, 1.807) is 18.2 Å². The van der Waals surface area contributed by atoms with E-state index in [0.29, 0.717) is 22.8 Å². The lowest BCUT2D eigenvalue weighted by Gasteiger charge is -1.99. The highest BCUT2D eigenvalue weighted by Gasteiger charge is 2.26. The van der Waals surface area contributed by atoms with Gasteiger partial charge in [0.25, 0.3) is 0 Å². The minimum atomic E-state index is -0.0736. The molecule has 0 saturated heterocycles. The summed E-state index contributed by atoms with van der Waals surface area (Å²) in [6.45, 7) is 1.95. The fraction of sp³-hybridized carbons (Fsp3) is 0.0625. The van der Waals surface area contributed by atoms with Crippen molar-refractivity contribution < 1.29 is 9.53 Å². The number of hydrogen-bond donors (Lipinski definition) is 1. The second kappa shape index (κ2) is 4.28. The summed E-state index contributed by atoms with van der Waals surface area (Å²) >= 11 is 0. The van der Waals surface area contributed by atoms with Gasteiger partial charge in [0.1, 0.15) is 5.75 Å². The molecule has 1 aliphatic rings. The van der Waals surface area contributed by atoms with Gasteiger partial charge >= 0.3 is 0 Å². The Morgan fingerprint density at radius 2 is 1.84 bits per heavy atom. The summed E-state index contributed by atoms with van der Waals surface area (Å²) in [5.74, 6) is 0.901. The molecule has 2 aromatic carbocycles. The second-order valence-corrected chi connectivity index (χ2v) is 4.61. The number of rotatable bonds is 1. The molecule has 94 valence electrons. The number of anilines is 1. The molecule has 2 N–H and O–H groups in total. The number of aryl methyl sites for hydroxylation is 1. The van der Waals surface area contributed by atoms with Gasteiger partial charge in [-0.2, -0.15) is 0 Å². The molecule has 19 heavy (non-hydrogen) atoms. The SMILES string of the molecule is Cc1ccc2c(c1)C(=O)/C(=C\c1ccc(N)cc1)O2. The number of allylic oxidation sites excluding steroid dienone is 1. The summed E-state index contributed by atoms with van der Waals surface area (Å²) in [7, 11) is 0. The van der Waals surface area contributed by atoms with Crippen LogP contribution in [-0.4, -0.2) is 5.78 Å². The molecule has 1 aliphatic heterocycles. The third kappa shape index (κ3) is 2.10. The lowest BCUT2D eigenvalue weighted by atomic mass is 10.1. The number of Topliss-reactive ketones (excluding diaryl/α,β-unsaturated/α-hetero) is 1. The standard InChI is InChI=1S/C16H13NO2/c1-10-2-7-14-13(8-10)16(18)15(19-14)9-11-3-5-12(17)6-4-11/h2-9H,17H2,1H3/b15-9+. The average molecular weight is 251 g/mol. The number of nitrogen functional groups attached to an aromatic ring is 1. The Labute approximate surface area is 111 Å². The predicted octanol–water partition coefficient (Wildman–Crippen LogP) is 3.19. The monoisotopic (exact) mass is 251 g/mol. The molecule has 0 atom stereocenters. The molecule has 1 heterocycles. The van der Waals surface area contributed by atoms with Gasteiger partial charge in [0.2, 0.25) is 5.78 Å². The van der Waals surface area contributed by atoms with Gasteiger partial charge in [-0.05, 0) is 42.8 Å². The van der Waals surface area contributed by atoms with Crippen molar-refractivity contribution in [3.63, 3.8) is 0 Å². The van der Waals surface area contributed by atoms with Crippen molar-refractivity contribution in [1.82, 2.24) is 0 Å². The molecule has 0 aromatic heterocycles. The maximum Gasteiger partial charge on any atom is 0.231 e. The van der Waals surface area contributed by atoms with Gasteiger partial charge in [-0.1, -0.05) is 23.8 Å². The van der Waals surface area contributed by atoms with Crippen molar-refractivity contribution in [2.75, 3.05) is 5.73 Å². The summed E-state index contributed by atoms with van der Waals surface area (Å²) in [5, 5.41) is 0. The van der Waals surface area contributed by atoms with Gasteiger partial charge in [0.05, 0.1) is 5.56 Å². The Bertz CT molecular complexity index is 684. The van der Waals surface area contributed by atoms with E-state index in [2.05, 4.69) is 0 Å². The fourth-order valence-electron chi connectivity index (χ4n) is 2.05. The highest BCUT2D eigenvalue weighted by atomic mass is 16.5. The molecule has 0 spiro atoms. The van der Waals surface area contributed by atoms with Crippen molar-refractivity contribution >= 4 is 17.5 Å². The zero-order valence-corrected chi connectivity index (χ0v) is 10.5. The van der Waals surface area contributed by atoms with Gasteiger partial charge in [0, 0.05) is 5.69 Å². The largest absolute Gasteiger partial charge is 0.452 e. The number of hydrogen-bond acceptors (Lipinski definition) is 3. The Kier molecular flexibility index (Phi) is 2.60. The first-order valence-electron chi connectivity index (χ1n) is 6.04. The zero-order chi connectivity index (χ0) is 13.4. The topological polar surface area (TPSA) is 52.3 Å². The molecule has 0 aliphatic carbocycles. The molecule has 0 saturated carbocycles. The van der Waals surface area contributed by atoms with Gasteiger partial charge in [-0.3, -0.25) is 4.79 Å². The van der Waals surface area contributed by atoms with E-state index in [-0.39, 0.29) is 5.78 Å². The van der Waals surface area contributed by atoms with E-state index in [9.17, 15) is 4.79 Å². The Hall–Kier alpha value is -2.55. The van der Waals surface area contributed by atoms with Crippen LogP contribution in [0.2, 0.25) is 0 Å². The summed E-state index contributed by atoms with van der Waals surface area (Å²) in [6.07, 6.45) is 1.73. The minimum Gasteiger partial charge on any atom is -0.452 e. The third-order valence-corrected chi connectivity index (χ3v) is 3.06. The van der Waals surface area contributed by atoms with Gasteiger partial charge < -0.3 is 10.5 Å². The number of nitrogens with two attached hydrogens (primary N) is 1. The number of fused-ring (bicyclic) bond motifs is 1. The van der Waals surface area contributed by atoms with E-state index in [1.807, 2.05) is 37.3 Å². The molecule has 3 rings (SSSR count). The van der Waals surface area contributed by atoms with Crippen molar-refractivity contribution in [3.8, 4) is 5.75 Å². The van der Waals surface area contributed by atoms with Crippen LogP contribution in [0.15, 0.2) is 48.2 Å². The number of benzene rings is 2. The molecule has 0 radical (unpaired) electrons. The quantitative estimate of drug-likeness (QED) is 0.625. The second-order valence-electron chi connectivity index (χ2n) is 4.61. The molecule has 0 bridgehead atoms. The number of ether oxygens (including phenoxy) is 1. The molecule has 0 amide bonds. The maximum atomic E-state index is 12.2. The zero-order valence-electron chi connectivity index (χ0n) is 10.5. The van der Waals surface area contributed by atoms with E-state index < -0.39 is 0 Å². The molecular formula is C16H13NO2. The first-order valence-corrected chi connectivity index (χ1v) is 6.04. The number of carbonyl (C=O) groups is 1. The summed E-state index contributed by atoms with van der Waals surface area (Å²) < 4.78 is 5.59. The Balaban J connectivity index is 1.97. The normalized spacial score (nSPS) is 15.4. The first kappa shape index (κ1) is 11.5. The van der Waals surface area contributed by atoms with Crippen molar-refractivity contribution in [2.24, 2.45) is 0 Å². The molecule has 0 unspecified atom stereocenters. The summed E-state index contributed by atoms with van der Waals surface area (Å²) in [6, 6.07) is 12.9. The highest BCUT2D eigenvalue weighted by Crippen LogP contribution is 2.32. The molecule has 3 heteroatoms. The summed E-state index contributed by atoms with van der Waals surface area (Å²) in [5.41, 5.74) is 8.89. The predicted molar refractivity (Wildman–Crippen MR) is 75.0 cm³/mol. The van der Waals surface area contributed by atoms with E-state index in [4.69, 9.17) is 10.5 Å². The van der Waals surface area contributed by atoms with Crippen LogP contribution in [0.5, 0.6) is 5.75 Å². The van der Waals surface area contributed by atoms with Gasteiger partial charge in [0.15, 0.2) is 5.76 Å². The fourth-order valence-corrected chi connectivity index (χ4v) is 2.05. The lowest BCUT2D eigenvalue weighted by Crippen LogP contribution is -1.98. The van der Waals surface area contributed by atoms with Crippen molar-refractivity contribution in [2.45, 2.75) is 6.92 Å². The van der Waals surface area contributed by atoms with Crippen LogP contribution in [0.3, 0.4) is 0 Å². The molecule has 3 nitrogen and oxygen atoms in total. The van der Waals surface area contributed by atoms with Crippen LogP contribution in [0.1, 0.15) is 21.5 Å². The first-order chi connectivity index (χ1) is 9.13. The van der Waals surface area contributed by atoms with Gasteiger partial charge in [-0.25, -0.2) is 0 Å². The van der Waals surface area contributed by atoms with Crippen molar-refractivity contribution in [3.05, 3.63) is 64.9 Å². The lowest BCUT2D eigenvalue weighted by molar-refractivity contribution is 0.101. The molecule has 0 fully saturated rings. The molecular weight excluding hydrogens is 238 g/mol. The smallest absolute Gasteiger partial charge is 0.231 e. The van der Waals surface area contributed by atoms with E-state index in [0.717, 1.165) is 11.1 Å². The van der Waals surface area contributed by atoms with Crippen LogP contribution in [-0.2, 0) is 0 Å². The van der Waals surface area contributed by atoms with Crippen LogP contribution in [0.25, 0.3) is 6.08 Å². The van der Waals surface area contributed by atoms with Crippen molar-refractivity contribution in [1.29, 1.82) is 0 Å². The Morgan fingerprint density at radius 3 is 2.58 bits per heavy atom. The summed E-state index contributed by atoms with van der Waals surface area (Å²) in [4.78, 5) is 12.2. The van der Waals surface area contributed by atoms with Gasteiger partial charge in [-0.15, -0.1) is 0 Å². The van der Waals surface area contributed by atoms with Crippen LogP contribution in [0, 0.1) is 6.92 Å². The maximum absolute atomic E-state index is 12.2. The Morgan fingerprint density at radius 1 is 1.11 bits per heavy atom. The molecule has 2 aromatic rings. The number of ketones is 1.